The number of aryl methyl sites for hydroxylation is 1. The van der Waals surface area contributed by atoms with E-state index in [4.69, 9.17) is 37.7 Å². The van der Waals surface area contributed by atoms with Crippen molar-refractivity contribution < 1.29 is 9.47 Å². The van der Waals surface area contributed by atoms with Crippen LogP contribution in [0.25, 0.3) is 20.8 Å². The van der Waals surface area contributed by atoms with Gasteiger partial charge in [0.2, 0.25) is 0 Å². The van der Waals surface area contributed by atoms with Crippen LogP contribution in [0.1, 0.15) is 16.7 Å². The van der Waals surface area contributed by atoms with E-state index < -0.39 is 0 Å². The van der Waals surface area contributed by atoms with Crippen molar-refractivity contribution in [3.8, 4) is 22.1 Å². The molecule has 0 atom stereocenters. The van der Waals surface area contributed by atoms with E-state index in [9.17, 15) is 0 Å². The van der Waals surface area contributed by atoms with Crippen molar-refractivity contribution in [3.63, 3.8) is 0 Å². The molecule has 5 rings (SSSR count). The lowest BCUT2D eigenvalue weighted by atomic mass is 10.1. The Labute approximate surface area is 224 Å². The standard InChI is InChI=1S/C29H24Cl2N2O2S/c1-18-3-11-25-28(13-18)36-29(33-25)21-6-8-22(9-7-21)32-16-19-5-12-26(27(15-19)34-2)35-17-20-4-10-23(30)24(31)14-20/h3-15,32H,16-17H2,1-2H3. The van der Waals surface area contributed by atoms with Gasteiger partial charge < -0.3 is 14.8 Å². The zero-order valence-electron chi connectivity index (χ0n) is 19.8. The smallest absolute Gasteiger partial charge is 0.161 e. The summed E-state index contributed by atoms with van der Waals surface area (Å²) >= 11 is 13.8. The maximum Gasteiger partial charge on any atom is 0.161 e. The van der Waals surface area contributed by atoms with E-state index in [1.54, 1.807) is 30.6 Å². The van der Waals surface area contributed by atoms with Crippen LogP contribution in [-0.4, -0.2) is 12.1 Å². The van der Waals surface area contributed by atoms with Crippen LogP contribution in [-0.2, 0) is 13.2 Å². The average molecular weight is 535 g/mol. The van der Waals surface area contributed by atoms with E-state index in [-0.39, 0.29) is 0 Å². The Morgan fingerprint density at radius 3 is 2.42 bits per heavy atom. The Kier molecular flexibility index (Phi) is 7.33. The molecular weight excluding hydrogens is 511 g/mol. The second-order valence-electron chi connectivity index (χ2n) is 8.44. The van der Waals surface area contributed by atoms with Crippen molar-refractivity contribution in [1.82, 2.24) is 4.98 Å². The largest absolute Gasteiger partial charge is 0.493 e. The molecule has 0 aliphatic rings. The van der Waals surface area contributed by atoms with Gasteiger partial charge in [-0.25, -0.2) is 4.98 Å². The molecule has 0 amide bonds. The molecule has 4 aromatic carbocycles. The molecule has 0 unspecified atom stereocenters. The lowest BCUT2D eigenvalue weighted by Gasteiger charge is -2.13. The number of hydrogen-bond acceptors (Lipinski definition) is 5. The van der Waals surface area contributed by atoms with Gasteiger partial charge in [-0.1, -0.05) is 41.4 Å². The molecule has 0 saturated heterocycles. The molecule has 0 saturated carbocycles. The maximum absolute atomic E-state index is 6.10. The van der Waals surface area contributed by atoms with Gasteiger partial charge in [-0.15, -0.1) is 11.3 Å². The fraction of sp³-hybridized carbons (Fsp3) is 0.138. The molecule has 0 bridgehead atoms. The predicted octanol–water partition coefficient (Wildman–Crippen LogP) is 8.78. The van der Waals surface area contributed by atoms with Crippen LogP contribution in [0.3, 0.4) is 0 Å². The molecule has 0 spiro atoms. The van der Waals surface area contributed by atoms with Gasteiger partial charge in [0.05, 0.1) is 27.4 Å². The molecule has 0 fully saturated rings. The first-order chi connectivity index (χ1) is 17.5. The Bertz CT molecular complexity index is 1520. The zero-order chi connectivity index (χ0) is 25.1. The number of methoxy groups -OCH3 is 1. The van der Waals surface area contributed by atoms with E-state index in [0.717, 1.165) is 32.9 Å². The number of benzene rings is 4. The van der Waals surface area contributed by atoms with Gasteiger partial charge in [0, 0.05) is 17.8 Å². The molecule has 0 radical (unpaired) electrons. The summed E-state index contributed by atoms with van der Waals surface area (Å²) in [5.74, 6) is 1.35. The van der Waals surface area contributed by atoms with Crippen molar-refractivity contribution in [2.24, 2.45) is 0 Å². The van der Waals surface area contributed by atoms with Gasteiger partial charge in [0.25, 0.3) is 0 Å². The Morgan fingerprint density at radius 2 is 1.64 bits per heavy atom. The molecule has 0 aliphatic carbocycles. The highest BCUT2D eigenvalue weighted by Gasteiger charge is 2.09. The summed E-state index contributed by atoms with van der Waals surface area (Å²) in [6.07, 6.45) is 0. The average Bonchev–Trinajstić information content (AvgIpc) is 3.32. The first-order valence-electron chi connectivity index (χ1n) is 11.4. The minimum Gasteiger partial charge on any atom is -0.493 e. The number of fused-ring (bicyclic) bond motifs is 1. The quantitative estimate of drug-likeness (QED) is 0.216. The third-order valence-corrected chi connectivity index (χ3v) is 7.59. The van der Waals surface area contributed by atoms with Gasteiger partial charge in [-0.2, -0.15) is 0 Å². The third kappa shape index (κ3) is 5.59. The summed E-state index contributed by atoms with van der Waals surface area (Å²) in [7, 11) is 1.64. The fourth-order valence-corrected chi connectivity index (χ4v) is 5.21. The van der Waals surface area contributed by atoms with Crippen molar-refractivity contribution in [1.29, 1.82) is 0 Å². The lowest BCUT2D eigenvalue weighted by Crippen LogP contribution is -2.02. The monoisotopic (exact) mass is 534 g/mol. The van der Waals surface area contributed by atoms with Crippen molar-refractivity contribution in [2.45, 2.75) is 20.1 Å². The maximum atomic E-state index is 6.10. The van der Waals surface area contributed by atoms with Gasteiger partial charge in [0.15, 0.2) is 11.5 Å². The van der Waals surface area contributed by atoms with Gasteiger partial charge in [-0.05, 0) is 84.3 Å². The summed E-state index contributed by atoms with van der Waals surface area (Å²) in [6, 6.07) is 26.1. The summed E-state index contributed by atoms with van der Waals surface area (Å²) in [6.45, 7) is 3.13. The number of anilines is 1. The summed E-state index contributed by atoms with van der Waals surface area (Å²) in [4.78, 5) is 4.78. The topological polar surface area (TPSA) is 43.4 Å². The second kappa shape index (κ2) is 10.8. The Morgan fingerprint density at radius 1 is 0.833 bits per heavy atom. The number of ether oxygens (including phenoxy) is 2. The number of aromatic nitrogens is 1. The lowest BCUT2D eigenvalue weighted by molar-refractivity contribution is 0.284. The summed E-state index contributed by atoms with van der Waals surface area (Å²) < 4.78 is 12.7. The van der Waals surface area contributed by atoms with Crippen LogP contribution < -0.4 is 14.8 Å². The van der Waals surface area contributed by atoms with Gasteiger partial charge >= 0.3 is 0 Å². The van der Waals surface area contributed by atoms with Crippen LogP contribution in [0.2, 0.25) is 10.0 Å². The van der Waals surface area contributed by atoms with E-state index in [0.29, 0.717) is 34.7 Å². The number of halogens is 2. The van der Waals surface area contributed by atoms with Crippen LogP contribution in [0, 0.1) is 6.92 Å². The van der Waals surface area contributed by atoms with Crippen LogP contribution in [0.5, 0.6) is 11.5 Å². The highest BCUT2D eigenvalue weighted by atomic mass is 35.5. The fourth-order valence-electron chi connectivity index (χ4n) is 3.82. The molecule has 4 nitrogen and oxygen atoms in total. The first-order valence-corrected chi connectivity index (χ1v) is 13.0. The Hall–Kier alpha value is -3.25. The van der Waals surface area contributed by atoms with E-state index >= 15 is 0 Å². The van der Waals surface area contributed by atoms with E-state index in [1.807, 2.05) is 24.3 Å². The molecule has 7 heteroatoms. The van der Waals surface area contributed by atoms with E-state index in [1.165, 1.54) is 10.3 Å². The molecule has 1 aromatic heterocycles. The number of hydrogen-bond donors (Lipinski definition) is 1. The molecular formula is C29H24Cl2N2O2S. The van der Waals surface area contributed by atoms with Crippen molar-refractivity contribution in [3.05, 3.63) is 106 Å². The zero-order valence-corrected chi connectivity index (χ0v) is 22.2. The second-order valence-corrected chi connectivity index (χ2v) is 10.3. The van der Waals surface area contributed by atoms with Gasteiger partial charge in [-0.3, -0.25) is 0 Å². The number of thiazole rings is 1. The molecule has 5 aromatic rings. The molecule has 1 N–H and O–H groups in total. The number of rotatable bonds is 8. The molecule has 1 heterocycles. The minimum atomic E-state index is 0.367. The summed E-state index contributed by atoms with van der Waals surface area (Å²) in [5.41, 5.74) is 6.46. The summed E-state index contributed by atoms with van der Waals surface area (Å²) in [5, 5.41) is 5.54. The van der Waals surface area contributed by atoms with Crippen molar-refractivity contribution in [2.75, 3.05) is 12.4 Å². The van der Waals surface area contributed by atoms with Crippen LogP contribution in [0.15, 0.2) is 78.9 Å². The molecule has 182 valence electrons. The number of nitrogens with zero attached hydrogens (tertiary/aromatic N) is 1. The molecule has 0 aliphatic heterocycles. The van der Waals surface area contributed by atoms with Crippen LogP contribution in [0.4, 0.5) is 5.69 Å². The minimum absolute atomic E-state index is 0.367. The SMILES string of the molecule is COc1cc(CNc2ccc(-c3nc4ccc(C)cc4s3)cc2)ccc1OCc1ccc(Cl)c(Cl)c1. The third-order valence-electron chi connectivity index (χ3n) is 5.78. The normalized spacial score (nSPS) is 11.0. The predicted molar refractivity (Wildman–Crippen MR) is 151 cm³/mol. The highest BCUT2D eigenvalue weighted by Crippen LogP contribution is 2.32. The van der Waals surface area contributed by atoms with Gasteiger partial charge in [0.1, 0.15) is 11.6 Å². The number of nitrogens with one attached hydrogen (secondary N) is 1. The molecule has 36 heavy (non-hydrogen) atoms. The first kappa shape index (κ1) is 24.4. The Balaban J connectivity index is 1.22. The van der Waals surface area contributed by atoms with Crippen LogP contribution >= 0.6 is 34.5 Å². The van der Waals surface area contributed by atoms with Crippen molar-refractivity contribution >= 4 is 50.4 Å². The van der Waals surface area contributed by atoms with E-state index in [2.05, 4.69) is 54.7 Å². The highest BCUT2D eigenvalue weighted by molar-refractivity contribution is 7.21.